The molecule has 1 aliphatic rings. The molecule has 1 aromatic rings. The zero-order valence-corrected chi connectivity index (χ0v) is 17.2. The van der Waals surface area contributed by atoms with Gasteiger partial charge in [-0.2, -0.15) is 4.98 Å². The second kappa shape index (κ2) is 10.4. The van der Waals surface area contributed by atoms with Gasteiger partial charge >= 0.3 is 12.1 Å². The van der Waals surface area contributed by atoms with Crippen LogP contribution in [0.4, 0.5) is 4.79 Å². The van der Waals surface area contributed by atoms with Crippen LogP contribution in [0.5, 0.6) is 0 Å². The first-order valence-corrected chi connectivity index (χ1v) is 10.2. The molecule has 0 radical (unpaired) electrons. The first-order valence-electron chi connectivity index (χ1n) is 10.2. The standard InChI is InChI=1S/C20H33N3O5/c1-20(2,3)27-19(26)21-13-16-22-18(28-23-16)15(12-17(24)25)11-7-10-14-8-5-4-6-9-14/h14-15H,4-13H2,1-3H3,(H,21,26)(H,24,25). The highest BCUT2D eigenvalue weighted by Gasteiger charge is 2.23. The van der Waals surface area contributed by atoms with E-state index < -0.39 is 17.7 Å². The number of amides is 1. The predicted molar refractivity (Wildman–Crippen MR) is 103 cm³/mol. The number of hydrogen-bond acceptors (Lipinski definition) is 6. The van der Waals surface area contributed by atoms with Crippen LogP contribution >= 0.6 is 0 Å². The summed E-state index contributed by atoms with van der Waals surface area (Å²) in [7, 11) is 0. The Labute approximate surface area is 166 Å². The lowest BCUT2D eigenvalue weighted by Gasteiger charge is -2.21. The van der Waals surface area contributed by atoms with Crippen LogP contribution in [0.15, 0.2) is 4.52 Å². The van der Waals surface area contributed by atoms with Crippen LogP contribution in [0.1, 0.15) is 96.2 Å². The molecule has 28 heavy (non-hydrogen) atoms. The summed E-state index contributed by atoms with van der Waals surface area (Å²) in [6.07, 6.45) is 8.70. The van der Waals surface area contributed by atoms with Crippen LogP contribution in [-0.2, 0) is 16.1 Å². The molecule has 0 bridgehead atoms. The molecule has 1 amide bonds. The highest BCUT2D eigenvalue weighted by atomic mass is 16.6. The number of hydrogen-bond donors (Lipinski definition) is 2. The van der Waals surface area contributed by atoms with Gasteiger partial charge in [-0.05, 0) is 33.1 Å². The summed E-state index contributed by atoms with van der Waals surface area (Å²) < 4.78 is 10.4. The van der Waals surface area contributed by atoms with Crippen molar-refractivity contribution in [3.8, 4) is 0 Å². The molecule has 0 saturated heterocycles. The normalized spacial score (nSPS) is 16.5. The average molecular weight is 396 g/mol. The van der Waals surface area contributed by atoms with Gasteiger partial charge in [-0.25, -0.2) is 4.79 Å². The Kier molecular flexibility index (Phi) is 8.26. The van der Waals surface area contributed by atoms with E-state index in [0.29, 0.717) is 18.1 Å². The summed E-state index contributed by atoms with van der Waals surface area (Å²) in [4.78, 5) is 27.2. The van der Waals surface area contributed by atoms with E-state index in [0.717, 1.165) is 18.8 Å². The molecule has 2 N–H and O–H groups in total. The number of aliphatic carboxylic acids is 1. The number of aromatic nitrogens is 2. The van der Waals surface area contributed by atoms with Gasteiger partial charge in [0.05, 0.1) is 13.0 Å². The number of ether oxygens (including phenoxy) is 1. The number of rotatable bonds is 9. The smallest absolute Gasteiger partial charge is 0.408 e. The van der Waals surface area contributed by atoms with Crippen molar-refractivity contribution in [2.24, 2.45) is 5.92 Å². The molecule has 8 nitrogen and oxygen atoms in total. The minimum absolute atomic E-state index is 0.0359. The fraction of sp³-hybridized carbons (Fsp3) is 0.800. The third-order valence-corrected chi connectivity index (χ3v) is 4.93. The number of nitrogens with one attached hydrogen (secondary N) is 1. The van der Waals surface area contributed by atoms with Gasteiger partial charge in [-0.15, -0.1) is 0 Å². The van der Waals surface area contributed by atoms with Crippen molar-refractivity contribution >= 4 is 12.1 Å². The van der Waals surface area contributed by atoms with Gasteiger partial charge in [0.25, 0.3) is 0 Å². The Balaban J connectivity index is 1.85. The SMILES string of the molecule is CC(C)(C)OC(=O)NCc1noc(C(CCCC2CCCCC2)CC(=O)O)n1. The summed E-state index contributed by atoms with van der Waals surface area (Å²) in [5.41, 5.74) is -0.586. The van der Waals surface area contributed by atoms with Gasteiger partial charge < -0.3 is 19.7 Å². The van der Waals surface area contributed by atoms with Crippen LogP contribution in [0.2, 0.25) is 0 Å². The summed E-state index contributed by atoms with van der Waals surface area (Å²) in [6.45, 7) is 5.41. The van der Waals surface area contributed by atoms with Gasteiger partial charge in [0.15, 0.2) is 5.82 Å². The Morgan fingerprint density at radius 2 is 2.00 bits per heavy atom. The molecular formula is C20H33N3O5. The monoisotopic (exact) mass is 395 g/mol. The van der Waals surface area contributed by atoms with Crippen LogP contribution in [0.25, 0.3) is 0 Å². The van der Waals surface area contributed by atoms with Crippen LogP contribution < -0.4 is 5.32 Å². The fourth-order valence-electron chi connectivity index (χ4n) is 3.62. The van der Waals surface area contributed by atoms with Crippen molar-refractivity contribution in [1.82, 2.24) is 15.5 Å². The van der Waals surface area contributed by atoms with Crippen molar-refractivity contribution in [2.75, 3.05) is 0 Å². The number of carbonyl (C=O) groups excluding carboxylic acids is 1. The number of carboxylic acids is 1. The van der Waals surface area contributed by atoms with Gasteiger partial charge in [0.1, 0.15) is 5.60 Å². The molecule has 1 fully saturated rings. The van der Waals surface area contributed by atoms with E-state index in [1.54, 1.807) is 20.8 Å². The van der Waals surface area contributed by atoms with Crippen molar-refractivity contribution in [3.63, 3.8) is 0 Å². The Bertz CT molecular complexity index is 632. The minimum Gasteiger partial charge on any atom is -0.481 e. The Hall–Kier alpha value is -2.12. The van der Waals surface area contributed by atoms with E-state index in [-0.39, 0.29) is 18.9 Å². The quantitative estimate of drug-likeness (QED) is 0.636. The van der Waals surface area contributed by atoms with Gasteiger partial charge in [0.2, 0.25) is 5.89 Å². The summed E-state index contributed by atoms with van der Waals surface area (Å²) >= 11 is 0. The Morgan fingerprint density at radius 1 is 1.29 bits per heavy atom. The van der Waals surface area contributed by atoms with Crippen molar-refractivity contribution in [3.05, 3.63) is 11.7 Å². The number of carboxylic acid groups (broad SMARTS) is 1. The molecule has 2 rings (SSSR count). The van der Waals surface area contributed by atoms with Crippen LogP contribution in [-0.4, -0.2) is 32.9 Å². The summed E-state index contributed by atoms with van der Waals surface area (Å²) in [6, 6.07) is 0. The van der Waals surface area contributed by atoms with Crippen molar-refractivity contribution in [2.45, 2.75) is 96.6 Å². The molecule has 8 heteroatoms. The summed E-state index contributed by atoms with van der Waals surface area (Å²) in [5.74, 6) is 0.212. The van der Waals surface area contributed by atoms with E-state index in [9.17, 15) is 14.7 Å². The van der Waals surface area contributed by atoms with Crippen molar-refractivity contribution < 1.29 is 24.0 Å². The third kappa shape index (κ3) is 8.27. The van der Waals surface area contributed by atoms with Gasteiger partial charge in [-0.1, -0.05) is 50.1 Å². The largest absolute Gasteiger partial charge is 0.481 e. The molecule has 1 unspecified atom stereocenters. The lowest BCUT2D eigenvalue weighted by atomic mass is 9.84. The Morgan fingerprint density at radius 3 is 2.64 bits per heavy atom. The lowest BCUT2D eigenvalue weighted by Crippen LogP contribution is -2.32. The van der Waals surface area contributed by atoms with Gasteiger partial charge in [-0.3, -0.25) is 4.79 Å². The zero-order chi connectivity index (χ0) is 20.6. The fourth-order valence-corrected chi connectivity index (χ4v) is 3.62. The maximum absolute atomic E-state index is 11.7. The highest BCUT2D eigenvalue weighted by Crippen LogP contribution is 2.31. The van der Waals surface area contributed by atoms with E-state index in [1.165, 1.54) is 32.1 Å². The highest BCUT2D eigenvalue weighted by molar-refractivity contribution is 5.68. The van der Waals surface area contributed by atoms with Crippen molar-refractivity contribution in [1.29, 1.82) is 0 Å². The molecule has 158 valence electrons. The number of alkyl carbamates (subject to hydrolysis) is 1. The number of nitrogens with zero attached hydrogens (tertiary/aromatic N) is 2. The van der Waals surface area contributed by atoms with E-state index >= 15 is 0 Å². The maximum atomic E-state index is 11.7. The molecular weight excluding hydrogens is 362 g/mol. The number of carbonyl (C=O) groups is 2. The zero-order valence-electron chi connectivity index (χ0n) is 17.2. The van der Waals surface area contributed by atoms with Crippen LogP contribution in [0.3, 0.4) is 0 Å². The average Bonchev–Trinajstić information content (AvgIpc) is 3.07. The molecule has 1 aliphatic carbocycles. The molecule has 1 heterocycles. The first-order chi connectivity index (χ1) is 13.2. The second-order valence-corrected chi connectivity index (χ2v) is 8.63. The predicted octanol–water partition coefficient (Wildman–Crippen LogP) is 4.40. The molecule has 0 aliphatic heterocycles. The molecule has 1 aromatic heterocycles. The molecule has 0 aromatic carbocycles. The van der Waals surface area contributed by atoms with E-state index in [4.69, 9.17) is 9.26 Å². The van der Waals surface area contributed by atoms with E-state index in [2.05, 4.69) is 15.5 Å². The second-order valence-electron chi connectivity index (χ2n) is 8.63. The lowest BCUT2D eigenvalue weighted by molar-refractivity contribution is -0.137. The minimum atomic E-state index is -0.880. The first kappa shape index (κ1) is 22.2. The van der Waals surface area contributed by atoms with Gasteiger partial charge in [0, 0.05) is 5.92 Å². The topological polar surface area (TPSA) is 115 Å². The summed E-state index contributed by atoms with van der Waals surface area (Å²) in [5, 5.41) is 15.7. The molecule has 1 atom stereocenters. The molecule has 0 spiro atoms. The maximum Gasteiger partial charge on any atom is 0.408 e. The van der Waals surface area contributed by atoms with E-state index in [1.807, 2.05) is 0 Å². The van der Waals surface area contributed by atoms with Crippen LogP contribution in [0, 0.1) is 5.92 Å². The molecule has 1 saturated carbocycles. The third-order valence-electron chi connectivity index (χ3n) is 4.93.